The van der Waals surface area contributed by atoms with Crippen LogP contribution in [0.4, 0.5) is 25.2 Å². The number of rotatable bonds is 4. The standard InChI is InChI=1S/C27H26P3.F6P/c1-5-14-24(15-6-1)29(25-16-7-2-8-17-25)22-13-23-30(28-29,26-18-9-3-10-19-26)27-20-11-4-12-21-27;1-7(2,3,4,5)6/h1-12,14-21H,13,22-23H2;/q+1;-1. The van der Waals surface area contributed by atoms with E-state index in [4.69, 9.17) is 0 Å². The average Bonchev–Trinajstić information content (AvgIpc) is 2.89. The third-order valence-electron chi connectivity index (χ3n) is 6.00. The van der Waals surface area contributed by atoms with Gasteiger partial charge in [0.2, 0.25) is 0 Å². The molecule has 0 atom stereocenters. The van der Waals surface area contributed by atoms with Crippen LogP contribution in [0, 0.1) is 0 Å². The average molecular weight is 588 g/mol. The van der Waals surface area contributed by atoms with E-state index in [1.165, 1.54) is 18.7 Å². The van der Waals surface area contributed by atoms with E-state index in [2.05, 4.69) is 121 Å². The number of hydrogen-bond donors (Lipinski definition) is 0. The first kappa shape index (κ1) is 28.1. The van der Waals surface area contributed by atoms with Gasteiger partial charge < -0.3 is 0 Å². The molecule has 0 saturated carbocycles. The van der Waals surface area contributed by atoms with Crippen molar-refractivity contribution < 1.29 is 25.2 Å². The molecule has 0 fully saturated rings. The molecule has 1 aliphatic rings. The van der Waals surface area contributed by atoms with Crippen LogP contribution in [0.15, 0.2) is 121 Å². The Morgan fingerprint density at radius 1 is 0.541 bits per heavy atom. The third-order valence-corrected chi connectivity index (χ3v) is 24.4. The smallest absolute Gasteiger partial charge is 0.0622 e. The fourth-order valence-electron chi connectivity index (χ4n) is 4.60. The van der Waals surface area contributed by atoms with Crippen molar-refractivity contribution in [3.05, 3.63) is 121 Å². The van der Waals surface area contributed by atoms with Crippen molar-refractivity contribution in [2.24, 2.45) is 0 Å². The van der Waals surface area contributed by atoms with Gasteiger partial charge in [0.25, 0.3) is 0 Å². The number of benzene rings is 4. The van der Waals surface area contributed by atoms with Crippen molar-refractivity contribution in [1.29, 1.82) is 0 Å². The molecule has 0 unspecified atom stereocenters. The van der Waals surface area contributed by atoms with Crippen molar-refractivity contribution in [1.82, 2.24) is 0 Å². The largest absolute Gasteiger partial charge is 0.128 e. The quantitative estimate of drug-likeness (QED) is 0.165. The van der Waals surface area contributed by atoms with Gasteiger partial charge in [-0.1, -0.05) is 97.1 Å². The molecule has 0 nitrogen and oxygen atoms in total. The molecule has 0 amide bonds. The molecular formula is C27H26F6P4. The maximum absolute atomic E-state index is 10.7. The van der Waals surface area contributed by atoms with Crippen molar-refractivity contribution in [2.45, 2.75) is 6.42 Å². The predicted molar refractivity (Wildman–Crippen MR) is 153 cm³/mol. The van der Waals surface area contributed by atoms with Gasteiger partial charge in [-0.05, 0) is 47.5 Å². The topological polar surface area (TPSA) is 0 Å². The molecule has 10 heteroatoms. The van der Waals surface area contributed by atoms with Crippen LogP contribution in [0.3, 0.4) is 0 Å². The molecule has 0 aliphatic carbocycles. The van der Waals surface area contributed by atoms with Crippen molar-refractivity contribution in [3.63, 3.8) is 0 Å². The molecule has 0 N–H and O–H groups in total. The predicted octanol–water partition coefficient (Wildman–Crippen LogP) is 9.89. The summed E-state index contributed by atoms with van der Waals surface area (Å²) in [5.74, 6) is 0. The maximum atomic E-state index is 9.87. The van der Waals surface area contributed by atoms with E-state index in [9.17, 15) is 25.2 Å². The number of halogens is 6. The minimum Gasteiger partial charge on any atom is -0.0622 e. The molecule has 5 rings (SSSR count). The molecule has 37 heavy (non-hydrogen) atoms. The molecule has 0 bridgehead atoms. The zero-order valence-corrected chi connectivity index (χ0v) is 23.3. The molecule has 1 heterocycles. The fourth-order valence-corrected chi connectivity index (χ4v) is 27.3. The van der Waals surface area contributed by atoms with Gasteiger partial charge in [0.1, 0.15) is 25.1 Å². The van der Waals surface area contributed by atoms with Crippen LogP contribution in [0.1, 0.15) is 6.42 Å². The monoisotopic (exact) mass is 588 g/mol. The Hall–Kier alpha value is -1.95. The maximum Gasteiger partial charge on any atom is 0.128 e. The normalized spacial score (nSPS) is 18.6. The Morgan fingerprint density at radius 3 is 1.22 bits per heavy atom. The minimum atomic E-state index is -10.7. The van der Waals surface area contributed by atoms with Crippen LogP contribution >= 0.6 is 28.9 Å². The summed E-state index contributed by atoms with van der Waals surface area (Å²) >= 11 is 0. The molecule has 0 spiro atoms. The van der Waals surface area contributed by atoms with Crippen LogP contribution in [0.2, 0.25) is 0 Å². The molecular weight excluding hydrogens is 562 g/mol. The first-order valence-electron chi connectivity index (χ1n) is 11.6. The van der Waals surface area contributed by atoms with Crippen molar-refractivity contribution in [3.8, 4) is 0 Å². The van der Waals surface area contributed by atoms with E-state index in [0.717, 1.165) is 0 Å². The summed E-state index contributed by atoms with van der Waals surface area (Å²) in [5, 5.41) is 6.25. The first-order valence-corrected chi connectivity index (χ1v) is 19.9. The summed E-state index contributed by atoms with van der Waals surface area (Å²) in [6.45, 7) is -3.05. The Balaban J connectivity index is 0.000000405. The molecule has 4 aromatic carbocycles. The van der Waals surface area contributed by atoms with Crippen molar-refractivity contribution >= 4 is 50.1 Å². The van der Waals surface area contributed by atoms with Crippen LogP contribution in [-0.4, -0.2) is 12.3 Å². The van der Waals surface area contributed by atoms with Crippen LogP contribution in [0.5, 0.6) is 0 Å². The zero-order valence-electron chi connectivity index (χ0n) is 19.7. The van der Waals surface area contributed by atoms with E-state index in [0.29, 0.717) is 0 Å². The Kier molecular flexibility index (Phi) is 7.57. The Bertz CT molecular complexity index is 1280. The summed E-state index contributed by atoms with van der Waals surface area (Å²) in [6.07, 6.45) is 3.91. The van der Waals surface area contributed by atoms with Gasteiger partial charge in [0.05, 0.1) is 6.16 Å². The molecule has 0 radical (unpaired) electrons. The van der Waals surface area contributed by atoms with Gasteiger partial charge in [-0.25, -0.2) is 0 Å². The van der Waals surface area contributed by atoms with Crippen LogP contribution < -0.4 is 21.2 Å². The van der Waals surface area contributed by atoms with Crippen molar-refractivity contribution in [2.75, 3.05) is 12.3 Å². The van der Waals surface area contributed by atoms with E-state index in [1.54, 1.807) is 28.8 Å². The second-order valence-electron chi connectivity index (χ2n) is 8.73. The molecule has 0 saturated heterocycles. The summed E-state index contributed by atoms with van der Waals surface area (Å²) < 4.78 is 59.2. The van der Waals surface area contributed by atoms with E-state index in [1.807, 2.05) is 0 Å². The molecule has 196 valence electrons. The van der Waals surface area contributed by atoms with Crippen LogP contribution in [0.25, 0.3) is 0 Å². The van der Waals surface area contributed by atoms with Gasteiger partial charge in [-0.3, -0.25) is 0 Å². The fraction of sp³-hybridized carbons (Fsp3) is 0.111. The van der Waals surface area contributed by atoms with Gasteiger partial charge >= 0.3 is 33.0 Å². The molecule has 0 aromatic heterocycles. The van der Waals surface area contributed by atoms with E-state index in [-0.39, 0.29) is 0 Å². The van der Waals surface area contributed by atoms with Gasteiger partial charge in [0, 0.05) is 6.55 Å². The molecule has 1 aliphatic heterocycles. The SMILES string of the molecule is F[P-](F)(F)(F)(F)F.c1ccc(P2(c3ccccc3)=P[P+](c3ccccc3)(c3ccccc3)CCC2)cc1. The van der Waals surface area contributed by atoms with Crippen LogP contribution in [-0.2, 0) is 0 Å². The third kappa shape index (κ3) is 7.55. The molecule has 4 aromatic rings. The summed E-state index contributed by atoms with van der Waals surface area (Å²) in [6, 6.07) is 45.6. The summed E-state index contributed by atoms with van der Waals surface area (Å²) in [4.78, 5) is 0. The Labute approximate surface area is 215 Å². The minimum absolute atomic E-state index is 1.29. The summed E-state index contributed by atoms with van der Waals surface area (Å²) in [7, 11) is -9.00. The summed E-state index contributed by atoms with van der Waals surface area (Å²) in [5.41, 5.74) is 0. The van der Waals surface area contributed by atoms with E-state index < -0.39 is 21.3 Å². The second kappa shape index (κ2) is 9.98. The number of hydrogen-bond acceptors (Lipinski definition) is 0. The van der Waals surface area contributed by atoms with Gasteiger partial charge in [-0.2, -0.15) is 0 Å². The second-order valence-corrected chi connectivity index (χ2v) is 23.1. The Morgan fingerprint density at radius 2 is 0.865 bits per heavy atom. The zero-order chi connectivity index (χ0) is 26.7. The van der Waals surface area contributed by atoms with E-state index >= 15 is 0 Å². The first-order chi connectivity index (χ1) is 17.3. The van der Waals surface area contributed by atoms with Gasteiger partial charge in [0.15, 0.2) is 0 Å². The van der Waals surface area contributed by atoms with Gasteiger partial charge in [-0.15, -0.1) is 0 Å².